The third-order valence-corrected chi connectivity index (χ3v) is 5.91. The van der Waals surface area contributed by atoms with E-state index in [4.69, 9.17) is 0 Å². The summed E-state index contributed by atoms with van der Waals surface area (Å²) in [6.45, 7) is 0.109. The second-order valence-corrected chi connectivity index (χ2v) is 8.06. The van der Waals surface area contributed by atoms with Crippen molar-refractivity contribution in [3.8, 4) is 11.1 Å². The van der Waals surface area contributed by atoms with Gasteiger partial charge in [0.25, 0.3) is 5.91 Å². The number of rotatable bonds is 5. The molecule has 2 aromatic carbocycles. The summed E-state index contributed by atoms with van der Waals surface area (Å²) in [7, 11) is 0. The number of carbonyl (C=O) groups is 3. The van der Waals surface area contributed by atoms with Gasteiger partial charge in [0, 0.05) is 28.9 Å². The highest BCUT2D eigenvalue weighted by Gasteiger charge is 2.27. The molecule has 0 aliphatic heterocycles. The maximum absolute atomic E-state index is 12.7. The third-order valence-electron chi connectivity index (χ3n) is 5.91. The number of anilines is 1. The fraction of sp³-hybridized carbons (Fsp3) is 0.250. The lowest BCUT2D eigenvalue weighted by molar-refractivity contribution is -0.122. The standard InChI is InChI=1S/C24H22N4O3/c29-22(26-16-5-1-2-6-16)14-28-13-17(12-25-28)27-24(31)15-9-10-19-18-7-3-4-8-20(18)23(30)21(19)11-15/h3-4,7-13,16H,1-2,5-6,14H2,(H,26,29)(H,27,31). The monoisotopic (exact) mass is 414 g/mol. The van der Waals surface area contributed by atoms with Crippen molar-refractivity contribution in [1.29, 1.82) is 0 Å². The largest absolute Gasteiger partial charge is 0.352 e. The van der Waals surface area contributed by atoms with Crippen molar-refractivity contribution in [1.82, 2.24) is 15.1 Å². The van der Waals surface area contributed by atoms with E-state index < -0.39 is 0 Å². The summed E-state index contributed by atoms with van der Waals surface area (Å²) in [4.78, 5) is 37.5. The Morgan fingerprint density at radius 3 is 2.55 bits per heavy atom. The molecule has 31 heavy (non-hydrogen) atoms. The second kappa shape index (κ2) is 7.83. The zero-order valence-corrected chi connectivity index (χ0v) is 16.9. The molecule has 0 atom stereocenters. The molecule has 0 radical (unpaired) electrons. The van der Waals surface area contributed by atoms with E-state index in [1.807, 2.05) is 24.3 Å². The summed E-state index contributed by atoms with van der Waals surface area (Å²) in [6.07, 6.45) is 7.50. The number of ketones is 1. The normalized spacial score (nSPS) is 14.9. The van der Waals surface area contributed by atoms with Gasteiger partial charge in [-0.1, -0.05) is 43.2 Å². The SMILES string of the molecule is O=C(Cn1cc(NC(=O)c2ccc3c(c2)C(=O)c2ccccc2-3)cn1)NC1CCCC1. The first-order chi connectivity index (χ1) is 15.1. The molecule has 1 heterocycles. The van der Waals surface area contributed by atoms with Gasteiger partial charge in [-0.15, -0.1) is 0 Å². The van der Waals surface area contributed by atoms with Crippen molar-refractivity contribution in [2.75, 3.05) is 5.32 Å². The van der Waals surface area contributed by atoms with Crippen molar-refractivity contribution < 1.29 is 14.4 Å². The van der Waals surface area contributed by atoms with Crippen LogP contribution in [0.3, 0.4) is 0 Å². The van der Waals surface area contributed by atoms with E-state index in [2.05, 4.69) is 15.7 Å². The van der Waals surface area contributed by atoms with E-state index in [-0.39, 0.29) is 30.2 Å². The third kappa shape index (κ3) is 3.74. The first-order valence-corrected chi connectivity index (χ1v) is 10.5. The summed E-state index contributed by atoms with van der Waals surface area (Å²) >= 11 is 0. The van der Waals surface area contributed by atoms with Crippen LogP contribution in [0.15, 0.2) is 54.9 Å². The molecule has 2 N–H and O–H groups in total. The zero-order valence-electron chi connectivity index (χ0n) is 16.9. The number of amides is 2. The number of benzene rings is 2. The van der Waals surface area contributed by atoms with E-state index in [0.717, 1.165) is 36.8 Å². The van der Waals surface area contributed by atoms with Crippen LogP contribution < -0.4 is 10.6 Å². The summed E-state index contributed by atoms with van der Waals surface area (Å²) in [5.74, 6) is -0.479. The highest BCUT2D eigenvalue weighted by molar-refractivity contribution is 6.22. The van der Waals surface area contributed by atoms with Crippen LogP contribution in [0.5, 0.6) is 0 Å². The van der Waals surface area contributed by atoms with Crippen molar-refractivity contribution in [3.63, 3.8) is 0 Å². The van der Waals surface area contributed by atoms with Gasteiger partial charge in [0.1, 0.15) is 6.54 Å². The first kappa shape index (κ1) is 19.2. The number of fused-ring (bicyclic) bond motifs is 3. The maximum Gasteiger partial charge on any atom is 0.255 e. The van der Waals surface area contributed by atoms with Crippen molar-refractivity contribution in [2.24, 2.45) is 0 Å². The van der Waals surface area contributed by atoms with Crippen LogP contribution in [0, 0.1) is 0 Å². The highest BCUT2D eigenvalue weighted by atomic mass is 16.2. The number of carbonyl (C=O) groups excluding carboxylic acids is 3. The van der Waals surface area contributed by atoms with Crippen molar-refractivity contribution in [2.45, 2.75) is 38.3 Å². The average Bonchev–Trinajstić information content (AvgIpc) is 3.50. The van der Waals surface area contributed by atoms with Crippen molar-refractivity contribution in [3.05, 3.63) is 71.5 Å². The highest BCUT2D eigenvalue weighted by Crippen LogP contribution is 2.36. The van der Waals surface area contributed by atoms with E-state index in [0.29, 0.717) is 22.4 Å². The molecule has 0 saturated heterocycles. The molecule has 7 nitrogen and oxygen atoms in total. The molecule has 2 aliphatic carbocycles. The number of aromatic nitrogens is 2. The van der Waals surface area contributed by atoms with Crippen LogP contribution in [0.25, 0.3) is 11.1 Å². The molecular weight excluding hydrogens is 392 g/mol. The Bertz CT molecular complexity index is 1190. The molecule has 2 amide bonds. The molecule has 1 fully saturated rings. The van der Waals surface area contributed by atoms with Crippen LogP contribution in [0.1, 0.15) is 52.0 Å². The van der Waals surface area contributed by atoms with Gasteiger partial charge in [-0.05, 0) is 36.1 Å². The van der Waals surface area contributed by atoms with Gasteiger partial charge >= 0.3 is 0 Å². The van der Waals surface area contributed by atoms with Gasteiger partial charge in [-0.25, -0.2) is 0 Å². The van der Waals surface area contributed by atoms with Gasteiger partial charge in [0.05, 0.1) is 11.9 Å². The Kier molecular flexibility index (Phi) is 4.86. The molecule has 3 aromatic rings. The lowest BCUT2D eigenvalue weighted by Crippen LogP contribution is -2.35. The molecular formula is C24H22N4O3. The Morgan fingerprint density at radius 1 is 1.00 bits per heavy atom. The predicted molar refractivity (Wildman–Crippen MR) is 116 cm³/mol. The Hall–Kier alpha value is -3.74. The van der Waals surface area contributed by atoms with E-state index in [1.54, 1.807) is 24.4 Å². The lowest BCUT2D eigenvalue weighted by Gasteiger charge is -2.11. The molecule has 0 bridgehead atoms. The molecule has 1 aromatic heterocycles. The Morgan fingerprint density at radius 2 is 1.74 bits per heavy atom. The van der Waals surface area contributed by atoms with Crippen molar-refractivity contribution >= 4 is 23.3 Å². The van der Waals surface area contributed by atoms with Crippen LogP contribution in [-0.4, -0.2) is 33.4 Å². The maximum atomic E-state index is 12.7. The number of hydrogen-bond donors (Lipinski definition) is 2. The summed E-state index contributed by atoms with van der Waals surface area (Å²) in [6, 6.07) is 12.9. The van der Waals surface area contributed by atoms with Gasteiger partial charge in [-0.3, -0.25) is 19.1 Å². The number of hydrogen-bond acceptors (Lipinski definition) is 4. The van der Waals surface area contributed by atoms with Crippen LogP contribution in [0.4, 0.5) is 5.69 Å². The van der Waals surface area contributed by atoms with Gasteiger partial charge in [-0.2, -0.15) is 5.10 Å². The molecule has 156 valence electrons. The van der Waals surface area contributed by atoms with E-state index in [1.165, 1.54) is 10.9 Å². The summed E-state index contributed by atoms with van der Waals surface area (Å²) < 4.78 is 1.50. The average molecular weight is 414 g/mol. The second-order valence-electron chi connectivity index (χ2n) is 8.06. The molecule has 0 spiro atoms. The molecule has 0 unspecified atom stereocenters. The molecule has 1 saturated carbocycles. The van der Waals surface area contributed by atoms with E-state index in [9.17, 15) is 14.4 Å². The van der Waals surface area contributed by atoms with Gasteiger partial charge < -0.3 is 10.6 Å². The summed E-state index contributed by atoms with van der Waals surface area (Å²) in [5.41, 5.74) is 3.82. The topological polar surface area (TPSA) is 93.1 Å². The Balaban J connectivity index is 1.25. The smallest absolute Gasteiger partial charge is 0.255 e. The van der Waals surface area contributed by atoms with Crippen LogP contribution >= 0.6 is 0 Å². The zero-order chi connectivity index (χ0) is 21.4. The van der Waals surface area contributed by atoms with Crippen LogP contribution in [-0.2, 0) is 11.3 Å². The lowest BCUT2D eigenvalue weighted by atomic mass is 10.0. The first-order valence-electron chi connectivity index (χ1n) is 10.5. The van der Waals surface area contributed by atoms with E-state index >= 15 is 0 Å². The fourth-order valence-corrected chi connectivity index (χ4v) is 4.38. The van der Waals surface area contributed by atoms with Crippen LogP contribution in [0.2, 0.25) is 0 Å². The number of nitrogens with zero attached hydrogens (tertiary/aromatic N) is 2. The van der Waals surface area contributed by atoms with Gasteiger partial charge in [0.2, 0.25) is 5.91 Å². The Labute approximate surface area is 179 Å². The minimum Gasteiger partial charge on any atom is -0.352 e. The molecule has 5 rings (SSSR count). The molecule has 2 aliphatic rings. The minimum absolute atomic E-state index is 0.0682. The number of nitrogens with one attached hydrogen (secondary N) is 2. The fourth-order valence-electron chi connectivity index (χ4n) is 4.38. The predicted octanol–water partition coefficient (Wildman–Crippen LogP) is 3.41. The quantitative estimate of drug-likeness (QED) is 0.523. The summed E-state index contributed by atoms with van der Waals surface area (Å²) in [5, 5.41) is 9.97. The minimum atomic E-state index is -0.332. The molecule has 7 heteroatoms. The van der Waals surface area contributed by atoms with Gasteiger partial charge in [0.15, 0.2) is 5.78 Å².